The molecule has 3 aromatic heterocycles. The van der Waals surface area contributed by atoms with Gasteiger partial charge >= 0.3 is 0 Å². The molecule has 3 aromatic rings. The molecular weight excluding hydrogens is 392 g/mol. The van der Waals surface area contributed by atoms with E-state index < -0.39 is 0 Å². The summed E-state index contributed by atoms with van der Waals surface area (Å²) >= 11 is 0. The minimum atomic E-state index is 0.443. The van der Waals surface area contributed by atoms with E-state index >= 15 is 0 Å². The Morgan fingerprint density at radius 2 is 2.10 bits per heavy atom. The number of piperazine rings is 1. The second-order valence-electron chi connectivity index (χ2n) is 7.93. The molecule has 9 heteroatoms. The van der Waals surface area contributed by atoms with Crippen molar-refractivity contribution in [1.82, 2.24) is 30.0 Å². The van der Waals surface area contributed by atoms with Crippen LogP contribution < -0.4 is 15.5 Å². The average molecular weight is 425 g/mol. The fraction of sp³-hybridized carbons (Fsp3) is 0.545. The Labute approximate surface area is 183 Å². The van der Waals surface area contributed by atoms with Gasteiger partial charge in [-0.25, -0.2) is 9.97 Å². The van der Waals surface area contributed by atoms with Crippen LogP contribution in [0.4, 0.5) is 17.6 Å². The van der Waals surface area contributed by atoms with E-state index in [1.54, 1.807) is 0 Å². The van der Waals surface area contributed by atoms with Crippen LogP contribution in [0.1, 0.15) is 31.5 Å². The number of hydrogen-bond acceptors (Lipinski definition) is 8. The van der Waals surface area contributed by atoms with Crippen LogP contribution in [-0.4, -0.2) is 63.6 Å². The SMILES string of the molecule is CCOCCn1nc(C)c2nc(N3CCN[C@@H](CC)C3)nc(Nc3ccc(C)cn3)c21. The lowest BCUT2D eigenvalue weighted by molar-refractivity contribution is 0.137. The summed E-state index contributed by atoms with van der Waals surface area (Å²) in [5, 5.41) is 11.7. The Hall–Kier alpha value is -2.78. The van der Waals surface area contributed by atoms with Crippen molar-refractivity contribution in [3.05, 3.63) is 29.6 Å². The normalized spacial score (nSPS) is 16.8. The van der Waals surface area contributed by atoms with Crippen molar-refractivity contribution >= 4 is 28.6 Å². The molecule has 0 bridgehead atoms. The molecule has 0 unspecified atom stereocenters. The Balaban J connectivity index is 1.76. The standard InChI is InChI=1S/C22H32N8O/c1-5-17-14-29(10-9-23-17)22-26-19-16(4)28-30(11-12-31-6-2)20(19)21(27-22)25-18-8-7-15(3)13-24-18/h7-8,13,17,23H,5-6,9-12,14H2,1-4H3,(H,24,25,26,27)/t17-/m0/s1. The lowest BCUT2D eigenvalue weighted by Crippen LogP contribution is -2.51. The summed E-state index contributed by atoms with van der Waals surface area (Å²) in [6.45, 7) is 12.8. The molecule has 1 aliphatic heterocycles. The zero-order valence-electron chi connectivity index (χ0n) is 18.9. The molecule has 1 fully saturated rings. The highest BCUT2D eigenvalue weighted by Crippen LogP contribution is 2.28. The molecule has 2 N–H and O–H groups in total. The molecular formula is C22H32N8O. The maximum Gasteiger partial charge on any atom is 0.228 e. The van der Waals surface area contributed by atoms with E-state index in [1.165, 1.54) is 0 Å². The van der Waals surface area contributed by atoms with E-state index in [0.29, 0.717) is 25.8 Å². The van der Waals surface area contributed by atoms with Crippen molar-refractivity contribution in [2.45, 2.75) is 46.7 Å². The first kappa shape index (κ1) is 21.5. The smallest absolute Gasteiger partial charge is 0.228 e. The Morgan fingerprint density at radius 3 is 2.84 bits per heavy atom. The number of aryl methyl sites for hydroxylation is 2. The van der Waals surface area contributed by atoms with Gasteiger partial charge < -0.3 is 20.3 Å². The molecule has 1 saturated heterocycles. The van der Waals surface area contributed by atoms with E-state index in [9.17, 15) is 0 Å². The summed E-state index contributed by atoms with van der Waals surface area (Å²) in [6, 6.07) is 4.45. The average Bonchev–Trinajstić information content (AvgIpc) is 3.11. The second-order valence-corrected chi connectivity index (χ2v) is 7.93. The molecule has 4 heterocycles. The van der Waals surface area contributed by atoms with Crippen LogP contribution in [-0.2, 0) is 11.3 Å². The summed E-state index contributed by atoms with van der Waals surface area (Å²) in [5.41, 5.74) is 3.74. The van der Waals surface area contributed by atoms with Gasteiger partial charge in [-0.2, -0.15) is 10.1 Å². The third kappa shape index (κ3) is 4.77. The van der Waals surface area contributed by atoms with Gasteiger partial charge in [0.2, 0.25) is 5.95 Å². The van der Waals surface area contributed by atoms with Crippen molar-refractivity contribution < 1.29 is 4.74 Å². The second kappa shape index (κ2) is 9.57. The van der Waals surface area contributed by atoms with Crippen LogP contribution >= 0.6 is 0 Å². The van der Waals surface area contributed by atoms with Crippen LogP contribution in [0.2, 0.25) is 0 Å². The van der Waals surface area contributed by atoms with Crippen molar-refractivity contribution in [3.8, 4) is 0 Å². The lowest BCUT2D eigenvalue weighted by atomic mass is 10.1. The first-order valence-corrected chi connectivity index (χ1v) is 11.1. The van der Waals surface area contributed by atoms with Crippen molar-refractivity contribution in [2.24, 2.45) is 0 Å². The van der Waals surface area contributed by atoms with Gasteiger partial charge in [-0.1, -0.05) is 13.0 Å². The largest absolute Gasteiger partial charge is 0.380 e. The number of rotatable bonds is 8. The minimum Gasteiger partial charge on any atom is -0.380 e. The van der Waals surface area contributed by atoms with Crippen molar-refractivity contribution in [1.29, 1.82) is 0 Å². The van der Waals surface area contributed by atoms with Crippen LogP contribution in [0.15, 0.2) is 18.3 Å². The van der Waals surface area contributed by atoms with Gasteiger partial charge in [0.1, 0.15) is 16.9 Å². The summed E-state index contributed by atoms with van der Waals surface area (Å²) in [4.78, 5) is 16.7. The molecule has 166 valence electrons. The van der Waals surface area contributed by atoms with Crippen LogP contribution in [0.5, 0.6) is 0 Å². The maximum atomic E-state index is 5.56. The van der Waals surface area contributed by atoms with Gasteiger partial charge in [-0.15, -0.1) is 0 Å². The lowest BCUT2D eigenvalue weighted by Gasteiger charge is -2.33. The molecule has 0 aliphatic carbocycles. The molecule has 4 rings (SSSR count). The van der Waals surface area contributed by atoms with Crippen LogP contribution in [0.3, 0.4) is 0 Å². The molecule has 0 radical (unpaired) electrons. The number of aromatic nitrogens is 5. The minimum absolute atomic E-state index is 0.443. The number of fused-ring (bicyclic) bond motifs is 1. The maximum absolute atomic E-state index is 5.56. The molecule has 1 atom stereocenters. The zero-order chi connectivity index (χ0) is 21.8. The number of nitrogens with one attached hydrogen (secondary N) is 2. The van der Waals surface area contributed by atoms with E-state index in [-0.39, 0.29) is 0 Å². The van der Waals surface area contributed by atoms with Crippen LogP contribution in [0, 0.1) is 13.8 Å². The van der Waals surface area contributed by atoms with Gasteiger partial charge in [-0.3, -0.25) is 4.68 Å². The van der Waals surface area contributed by atoms with E-state index in [2.05, 4.69) is 27.4 Å². The highest BCUT2D eigenvalue weighted by molar-refractivity contribution is 5.90. The monoisotopic (exact) mass is 424 g/mol. The number of hydrogen-bond donors (Lipinski definition) is 2. The van der Waals surface area contributed by atoms with Gasteiger partial charge in [0.15, 0.2) is 5.82 Å². The fourth-order valence-corrected chi connectivity index (χ4v) is 3.85. The van der Waals surface area contributed by atoms with Gasteiger partial charge in [-0.05, 0) is 38.8 Å². The predicted molar refractivity (Wildman–Crippen MR) is 123 cm³/mol. The molecule has 9 nitrogen and oxygen atoms in total. The van der Waals surface area contributed by atoms with Crippen molar-refractivity contribution in [3.63, 3.8) is 0 Å². The van der Waals surface area contributed by atoms with Gasteiger partial charge in [0, 0.05) is 38.5 Å². The highest BCUT2D eigenvalue weighted by Gasteiger charge is 2.24. The summed E-state index contributed by atoms with van der Waals surface area (Å²) in [7, 11) is 0. The van der Waals surface area contributed by atoms with E-state index in [4.69, 9.17) is 19.8 Å². The quantitative estimate of drug-likeness (QED) is 0.533. The molecule has 31 heavy (non-hydrogen) atoms. The molecule has 0 saturated carbocycles. The molecule has 0 aromatic carbocycles. The van der Waals surface area contributed by atoms with Crippen molar-refractivity contribution in [2.75, 3.05) is 43.1 Å². The van der Waals surface area contributed by atoms with E-state index in [0.717, 1.165) is 65.9 Å². The topological polar surface area (TPSA) is 93.0 Å². The highest BCUT2D eigenvalue weighted by atomic mass is 16.5. The fourth-order valence-electron chi connectivity index (χ4n) is 3.85. The Kier molecular flexibility index (Phi) is 6.62. The molecule has 0 amide bonds. The number of nitrogens with zero attached hydrogens (tertiary/aromatic N) is 6. The third-order valence-electron chi connectivity index (χ3n) is 5.58. The summed E-state index contributed by atoms with van der Waals surface area (Å²) < 4.78 is 7.50. The molecule has 1 aliphatic rings. The third-order valence-corrected chi connectivity index (χ3v) is 5.58. The number of ether oxygens (including phenoxy) is 1. The summed E-state index contributed by atoms with van der Waals surface area (Å²) in [5.74, 6) is 2.20. The first-order chi connectivity index (χ1) is 15.1. The Morgan fingerprint density at radius 1 is 1.23 bits per heavy atom. The first-order valence-electron chi connectivity index (χ1n) is 11.1. The Bertz CT molecular complexity index is 1020. The van der Waals surface area contributed by atoms with Crippen LogP contribution in [0.25, 0.3) is 11.0 Å². The number of anilines is 3. The van der Waals surface area contributed by atoms with E-state index in [1.807, 2.05) is 43.8 Å². The molecule has 0 spiro atoms. The van der Waals surface area contributed by atoms with Gasteiger partial charge in [0.25, 0.3) is 0 Å². The predicted octanol–water partition coefficient (Wildman–Crippen LogP) is 2.81. The zero-order valence-corrected chi connectivity index (χ0v) is 18.9. The number of pyridine rings is 1. The summed E-state index contributed by atoms with van der Waals surface area (Å²) in [6.07, 6.45) is 2.92. The van der Waals surface area contributed by atoms with Gasteiger partial charge in [0.05, 0.1) is 18.8 Å².